The minimum Gasteiger partial charge on any atom is -0.337 e. The zero-order valence-corrected chi connectivity index (χ0v) is 11.0. The summed E-state index contributed by atoms with van der Waals surface area (Å²) in [4.78, 5) is 19.8. The van der Waals surface area contributed by atoms with Crippen LogP contribution in [0.1, 0.15) is 38.2 Å². The monoisotopic (exact) mass is 248 g/mol. The molecule has 0 fully saturated rings. The van der Waals surface area contributed by atoms with Gasteiger partial charge in [-0.25, -0.2) is 0 Å². The summed E-state index contributed by atoms with van der Waals surface area (Å²) < 4.78 is 6.71. The van der Waals surface area contributed by atoms with Crippen molar-refractivity contribution in [3.63, 3.8) is 0 Å². The predicted molar refractivity (Wildman–Crippen MR) is 65.3 cm³/mol. The van der Waals surface area contributed by atoms with Crippen LogP contribution in [-0.4, -0.2) is 19.7 Å². The fourth-order valence-electron chi connectivity index (χ4n) is 1.48. The summed E-state index contributed by atoms with van der Waals surface area (Å²) in [6, 6.07) is 0. The van der Waals surface area contributed by atoms with Crippen molar-refractivity contribution in [3.8, 4) is 0 Å². The maximum atomic E-state index is 11.7. The Morgan fingerprint density at radius 3 is 2.61 bits per heavy atom. The Balaban J connectivity index is 2.30. The first kappa shape index (κ1) is 12.5. The zero-order valence-electron chi connectivity index (χ0n) is 11.0. The molecule has 96 valence electrons. The standard InChI is InChI=1S/C12H16N4O2/c1-8-5-13-6-10(17)16(8)7-9-14-11(15-18-9)12(2,3)4/h5-6H,7H2,1-4H3. The van der Waals surface area contributed by atoms with Crippen molar-refractivity contribution in [1.82, 2.24) is 19.7 Å². The lowest BCUT2D eigenvalue weighted by molar-refractivity contribution is 0.355. The van der Waals surface area contributed by atoms with E-state index in [1.807, 2.05) is 27.7 Å². The maximum Gasteiger partial charge on any atom is 0.269 e. The molecule has 2 heterocycles. The Labute approximate surface area is 105 Å². The van der Waals surface area contributed by atoms with Crippen molar-refractivity contribution in [2.75, 3.05) is 0 Å². The number of nitrogens with zero attached hydrogens (tertiary/aromatic N) is 4. The van der Waals surface area contributed by atoms with Gasteiger partial charge in [-0.1, -0.05) is 25.9 Å². The van der Waals surface area contributed by atoms with Gasteiger partial charge in [0.05, 0.1) is 6.20 Å². The topological polar surface area (TPSA) is 73.8 Å². The molecule has 2 aromatic rings. The lowest BCUT2D eigenvalue weighted by Gasteiger charge is -2.11. The van der Waals surface area contributed by atoms with E-state index in [1.165, 1.54) is 6.20 Å². The summed E-state index contributed by atoms with van der Waals surface area (Å²) in [5, 5.41) is 3.93. The van der Waals surface area contributed by atoms with E-state index in [-0.39, 0.29) is 17.5 Å². The number of aryl methyl sites for hydroxylation is 1. The Morgan fingerprint density at radius 2 is 2.06 bits per heavy atom. The molecule has 18 heavy (non-hydrogen) atoms. The molecule has 0 spiro atoms. The van der Waals surface area contributed by atoms with Gasteiger partial charge in [-0.05, 0) is 6.92 Å². The van der Waals surface area contributed by atoms with Crippen LogP contribution in [-0.2, 0) is 12.0 Å². The maximum absolute atomic E-state index is 11.7. The van der Waals surface area contributed by atoms with E-state index in [1.54, 1.807) is 10.8 Å². The molecular weight excluding hydrogens is 232 g/mol. The third kappa shape index (κ3) is 2.47. The van der Waals surface area contributed by atoms with Crippen LogP contribution in [0.3, 0.4) is 0 Å². The van der Waals surface area contributed by atoms with Crippen LogP contribution < -0.4 is 5.56 Å². The SMILES string of the molecule is Cc1cncc(=O)n1Cc1nc(C(C)(C)C)no1. The average molecular weight is 248 g/mol. The van der Waals surface area contributed by atoms with E-state index in [4.69, 9.17) is 4.52 Å². The van der Waals surface area contributed by atoms with E-state index >= 15 is 0 Å². The van der Waals surface area contributed by atoms with Gasteiger partial charge in [0.15, 0.2) is 5.82 Å². The molecule has 6 heteroatoms. The molecule has 2 rings (SSSR count). The van der Waals surface area contributed by atoms with Gasteiger partial charge in [0.2, 0.25) is 5.89 Å². The lowest BCUT2D eigenvalue weighted by atomic mass is 9.96. The fraction of sp³-hybridized carbons (Fsp3) is 0.500. The Morgan fingerprint density at radius 1 is 1.33 bits per heavy atom. The summed E-state index contributed by atoms with van der Waals surface area (Å²) in [5.74, 6) is 1.06. The summed E-state index contributed by atoms with van der Waals surface area (Å²) in [7, 11) is 0. The molecule has 0 aliphatic carbocycles. The van der Waals surface area contributed by atoms with Crippen LogP contribution in [0.5, 0.6) is 0 Å². The van der Waals surface area contributed by atoms with Gasteiger partial charge in [-0.3, -0.25) is 9.78 Å². The van der Waals surface area contributed by atoms with Crippen molar-refractivity contribution in [2.45, 2.75) is 39.7 Å². The third-order valence-corrected chi connectivity index (χ3v) is 2.57. The van der Waals surface area contributed by atoms with Gasteiger partial charge >= 0.3 is 0 Å². The molecule has 0 aromatic carbocycles. The molecule has 0 N–H and O–H groups in total. The first-order valence-electron chi connectivity index (χ1n) is 5.72. The second kappa shape index (κ2) is 4.36. The van der Waals surface area contributed by atoms with E-state index in [9.17, 15) is 4.79 Å². The molecule has 0 amide bonds. The zero-order chi connectivity index (χ0) is 13.3. The van der Waals surface area contributed by atoms with Gasteiger partial charge in [-0.15, -0.1) is 0 Å². The van der Waals surface area contributed by atoms with Crippen LogP contribution in [0.25, 0.3) is 0 Å². The summed E-state index contributed by atoms with van der Waals surface area (Å²) in [5.41, 5.74) is 0.420. The van der Waals surface area contributed by atoms with Crippen LogP contribution in [0.15, 0.2) is 21.7 Å². The van der Waals surface area contributed by atoms with Crippen molar-refractivity contribution in [2.24, 2.45) is 0 Å². The number of rotatable bonds is 2. The van der Waals surface area contributed by atoms with Crippen molar-refractivity contribution in [1.29, 1.82) is 0 Å². The van der Waals surface area contributed by atoms with Gasteiger partial charge in [0.1, 0.15) is 6.54 Å². The highest BCUT2D eigenvalue weighted by molar-refractivity contribution is 5.02. The molecule has 2 aromatic heterocycles. The molecule has 0 radical (unpaired) electrons. The summed E-state index contributed by atoms with van der Waals surface area (Å²) in [6.07, 6.45) is 2.90. The minimum absolute atomic E-state index is 0.167. The minimum atomic E-state index is -0.175. The second-order valence-corrected chi connectivity index (χ2v) is 5.23. The smallest absolute Gasteiger partial charge is 0.269 e. The molecule has 0 aliphatic rings. The molecule has 0 aliphatic heterocycles. The molecule has 0 unspecified atom stereocenters. The van der Waals surface area contributed by atoms with Crippen LogP contribution >= 0.6 is 0 Å². The quantitative estimate of drug-likeness (QED) is 0.800. The fourth-order valence-corrected chi connectivity index (χ4v) is 1.48. The molecule has 0 atom stereocenters. The normalized spacial score (nSPS) is 11.8. The van der Waals surface area contributed by atoms with Gasteiger partial charge in [-0.2, -0.15) is 4.98 Å². The number of aromatic nitrogens is 4. The van der Waals surface area contributed by atoms with Crippen molar-refractivity contribution >= 4 is 0 Å². The largest absolute Gasteiger partial charge is 0.337 e. The first-order valence-corrected chi connectivity index (χ1v) is 5.72. The Kier molecular flexibility index (Phi) is 3.02. The van der Waals surface area contributed by atoms with Crippen LogP contribution in [0.4, 0.5) is 0 Å². The first-order chi connectivity index (χ1) is 8.38. The van der Waals surface area contributed by atoms with Crippen LogP contribution in [0, 0.1) is 6.92 Å². The molecular formula is C12H16N4O2. The molecule has 6 nitrogen and oxygen atoms in total. The Bertz CT molecular complexity index is 607. The number of hydrogen-bond acceptors (Lipinski definition) is 5. The van der Waals surface area contributed by atoms with Crippen molar-refractivity contribution < 1.29 is 4.52 Å². The summed E-state index contributed by atoms with van der Waals surface area (Å²) >= 11 is 0. The molecule has 0 bridgehead atoms. The van der Waals surface area contributed by atoms with Crippen LogP contribution in [0.2, 0.25) is 0 Å². The summed E-state index contributed by atoms with van der Waals surface area (Å²) in [6.45, 7) is 8.11. The second-order valence-electron chi connectivity index (χ2n) is 5.23. The van der Waals surface area contributed by atoms with E-state index < -0.39 is 0 Å². The lowest BCUT2D eigenvalue weighted by Crippen LogP contribution is -2.22. The highest BCUT2D eigenvalue weighted by Crippen LogP contribution is 2.18. The highest BCUT2D eigenvalue weighted by Gasteiger charge is 2.21. The van der Waals surface area contributed by atoms with Gasteiger partial charge < -0.3 is 9.09 Å². The Hall–Kier alpha value is -1.98. The van der Waals surface area contributed by atoms with Gasteiger partial charge in [0, 0.05) is 17.3 Å². The number of hydrogen-bond donors (Lipinski definition) is 0. The average Bonchev–Trinajstić information content (AvgIpc) is 2.72. The van der Waals surface area contributed by atoms with Crippen molar-refractivity contribution in [3.05, 3.63) is 40.2 Å². The van der Waals surface area contributed by atoms with E-state index in [2.05, 4.69) is 15.1 Å². The predicted octanol–water partition coefficient (Wildman–Crippen LogP) is 1.28. The third-order valence-electron chi connectivity index (χ3n) is 2.57. The van der Waals surface area contributed by atoms with Gasteiger partial charge in [0.25, 0.3) is 5.56 Å². The highest BCUT2D eigenvalue weighted by atomic mass is 16.5. The van der Waals surface area contributed by atoms with E-state index in [0.717, 1.165) is 5.69 Å². The van der Waals surface area contributed by atoms with E-state index in [0.29, 0.717) is 11.7 Å². The molecule has 0 saturated carbocycles. The molecule has 0 saturated heterocycles.